The van der Waals surface area contributed by atoms with E-state index in [1.807, 2.05) is 30.3 Å². The largest absolute Gasteiger partial charge is 0.496 e. The van der Waals surface area contributed by atoms with E-state index in [1.165, 1.54) is 24.8 Å². The third kappa shape index (κ3) is 5.35. The van der Waals surface area contributed by atoms with Crippen LogP contribution in [0.1, 0.15) is 38.8 Å². The topological polar surface area (TPSA) is 87.7 Å². The maximum atomic E-state index is 12.8. The molecule has 7 heteroatoms. The first-order valence-corrected chi connectivity index (χ1v) is 10.1. The number of carboxylic acid groups (broad SMARTS) is 1. The average Bonchev–Trinajstić information content (AvgIpc) is 2.78. The minimum absolute atomic E-state index is 0.0778. The highest BCUT2D eigenvalue weighted by Gasteiger charge is 2.17. The van der Waals surface area contributed by atoms with E-state index in [1.54, 1.807) is 12.1 Å². The molecule has 0 unspecified atom stereocenters. The number of carbonyl (C=O) groups excluding carboxylic acids is 1. The highest BCUT2D eigenvalue weighted by Crippen LogP contribution is 2.31. The van der Waals surface area contributed by atoms with Crippen molar-refractivity contribution in [1.29, 1.82) is 0 Å². The lowest BCUT2D eigenvalue weighted by molar-refractivity contribution is 0.0693. The quantitative estimate of drug-likeness (QED) is 0.433. The molecule has 3 aromatic rings. The van der Waals surface area contributed by atoms with Crippen molar-refractivity contribution >= 4 is 34.9 Å². The molecule has 0 aromatic heterocycles. The predicted octanol–water partition coefficient (Wildman–Crippen LogP) is 5.47. The van der Waals surface area contributed by atoms with Crippen LogP contribution in [0.3, 0.4) is 0 Å². The molecule has 0 aliphatic rings. The van der Waals surface area contributed by atoms with Crippen molar-refractivity contribution in [3.8, 4) is 5.75 Å². The Hall–Kier alpha value is -3.51. The SMILES string of the molecule is CCc1ccccc1NCc1cccc(C(=O)Nc2cc(OC)c(C(=O)O)cc2Cl)c1. The Kier molecular flexibility index (Phi) is 7.15. The van der Waals surface area contributed by atoms with E-state index in [9.17, 15) is 14.7 Å². The molecule has 1 amide bonds. The Morgan fingerprint density at radius 1 is 1.03 bits per heavy atom. The van der Waals surface area contributed by atoms with Crippen LogP contribution in [-0.4, -0.2) is 24.1 Å². The van der Waals surface area contributed by atoms with Gasteiger partial charge in [-0.05, 0) is 41.8 Å². The molecule has 0 saturated heterocycles. The molecule has 0 bridgehead atoms. The van der Waals surface area contributed by atoms with Gasteiger partial charge in [-0.2, -0.15) is 0 Å². The van der Waals surface area contributed by atoms with Crippen molar-refractivity contribution in [2.75, 3.05) is 17.7 Å². The molecule has 31 heavy (non-hydrogen) atoms. The fourth-order valence-corrected chi connectivity index (χ4v) is 3.41. The fourth-order valence-electron chi connectivity index (χ4n) is 3.20. The van der Waals surface area contributed by atoms with Gasteiger partial charge in [-0.25, -0.2) is 4.79 Å². The van der Waals surface area contributed by atoms with Crippen LogP contribution in [0.5, 0.6) is 5.75 Å². The minimum Gasteiger partial charge on any atom is -0.496 e. The normalized spacial score (nSPS) is 10.4. The third-order valence-corrected chi connectivity index (χ3v) is 5.15. The van der Waals surface area contributed by atoms with Crippen LogP contribution in [0.15, 0.2) is 60.7 Å². The Morgan fingerprint density at radius 3 is 2.52 bits per heavy atom. The van der Waals surface area contributed by atoms with Crippen molar-refractivity contribution < 1.29 is 19.4 Å². The smallest absolute Gasteiger partial charge is 0.339 e. The second-order valence-electron chi connectivity index (χ2n) is 6.86. The summed E-state index contributed by atoms with van der Waals surface area (Å²) in [6.45, 7) is 2.68. The summed E-state index contributed by atoms with van der Waals surface area (Å²) in [7, 11) is 1.36. The molecule has 0 atom stereocenters. The summed E-state index contributed by atoms with van der Waals surface area (Å²) in [6, 6.07) is 18.0. The maximum Gasteiger partial charge on any atom is 0.339 e. The number of anilines is 2. The number of rotatable bonds is 8. The molecule has 3 aromatic carbocycles. The van der Waals surface area contributed by atoms with E-state index in [0.717, 1.165) is 17.7 Å². The van der Waals surface area contributed by atoms with Crippen molar-refractivity contribution in [2.24, 2.45) is 0 Å². The molecule has 6 nitrogen and oxygen atoms in total. The molecule has 0 aliphatic heterocycles. The highest BCUT2D eigenvalue weighted by atomic mass is 35.5. The second-order valence-corrected chi connectivity index (χ2v) is 7.26. The van der Waals surface area contributed by atoms with Gasteiger partial charge >= 0.3 is 5.97 Å². The number of methoxy groups -OCH3 is 1. The number of nitrogens with one attached hydrogen (secondary N) is 2. The molecule has 3 N–H and O–H groups in total. The highest BCUT2D eigenvalue weighted by molar-refractivity contribution is 6.34. The number of halogens is 1. The number of benzene rings is 3. The predicted molar refractivity (Wildman–Crippen MR) is 123 cm³/mol. The number of hydrogen-bond donors (Lipinski definition) is 3. The zero-order valence-corrected chi connectivity index (χ0v) is 18.0. The summed E-state index contributed by atoms with van der Waals surface area (Å²) < 4.78 is 5.10. The van der Waals surface area contributed by atoms with Gasteiger partial charge in [-0.15, -0.1) is 0 Å². The lowest BCUT2D eigenvalue weighted by Crippen LogP contribution is -2.13. The molecular weight excluding hydrogens is 416 g/mol. The number of para-hydroxylation sites is 1. The van der Waals surface area contributed by atoms with Crippen LogP contribution in [-0.2, 0) is 13.0 Å². The molecule has 0 spiro atoms. The first kappa shape index (κ1) is 22.2. The molecular formula is C24H23ClN2O4. The fraction of sp³-hybridized carbons (Fsp3) is 0.167. The van der Waals surface area contributed by atoms with Gasteiger partial charge < -0.3 is 20.5 Å². The van der Waals surface area contributed by atoms with Gasteiger partial charge in [0.15, 0.2) is 0 Å². The van der Waals surface area contributed by atoms with Gasteiger partial charge in [0.1, 0.15) is 11.3 Å². The van der Waals surface area contributed by atoms with Gasteiger partial charge in [0.05, 0.1) is 17.8 Å². The Balaban J connectivity index is 1.75. The molecule has 0 fully saturated rings. The van der Waals surface area contributed by atoms with Gasteiger partial charge in [0.25, 0.3) is 5.91 Å². The number of carbonyl (C=O) groups is 2. The Labute approximate surface area is 185 Å². The van der Waals surface area contributed by atoms with Crippen molar-refractivity contribution in [2.45, 2.75) is 19.9 Å². The van der Waals surface area contributed by atoms with E-state index in [4.69, 9.17) is 16.3 Å². The van der Waals surface area contributed by atoms with Gasteiger partial charge in [0, 0.05) is 23.9 Å². The monoisotopic (exact) mass is 438 g/mol. The molecule has 0 radical (unpaired) electrons. The molecule has 160 valence electrons. The molecule has 3 rings (SSSR count). The summed E-state index contributed by atoms with van der Waals surface area (Å²) in [6.07, 6.45) is 0.927. The number of amides is 1. The second kappa shape index (κ2) is 10.00. The summed E-state index contributed by atoms with van der Waals surface area (Å²) >= 11 is 6.17. The maximum absolute atomic E-state index is 12.8. The van der Waals surface area contributed by atoms with E-state index in [-0.39, 0.29) is 27.9 Å². The van der Waals surface area contributed by atoms with Crippen LogP contribution in [0.2, 0.25) is 5.02 Å². The first-order valence-electron chi connectivity index (χ1n) is 9.75. The van der Waals surface area contributed by atoms with Gasteiger partial charge in [-0.1, -0.05) is 48.9 Å². The zero-order valence-electron chi connectivity index (χ0n) is 17.2. The molecule has 0 aliphatic carbocycles. The number of aryl methyl sites for hydroxylation is 1. The summed E-state index contributed by atoms with van der Waals surface area (Å²) in [5, 5.41) is 15.5. The van der Waals surface area contributed by atoms with Crippen molar-refractivity contribution in [1.82, 2.24) is 0 Å². The van der Waals surface area contributed by atoms with E-state index >= 15 is 0 Å². The lowest BCUT2D eigenvalue weighted by Gasteiger charge is -2.13. The minimum atomic E-state index is -1.17. The van der Waals surface area contributed by atoms with Gasteiger partial charge in [-0.3, -0.25) is 4.79 Å². The van der Waals surface area contributed by atoms with E-state index < -0.39 is 5.97 Å². The Bertz CT molecular complexity index is 1110. The number of aromatic carboxylic acids is 1. The summed E-state index contributed by atoms with van der Waals surface area (Å²) in [5.74, 6) is -1.41. The van der Waals surface area contributed by atoms with Crippen LogP contribution in [0.25, 0.3) is 0 Å². The molecule has 0 saturated carbocycles. The van der Waals surface area contributed by atoms with Gasteiger partial charge in [0.2, 0.25) is 0 Å². The van der Waals surface area contributed by atoms with Crippen LogP contribution in [0.4, 0.5) is 11.4 Å². The van der Waals surface area contributed by atoms with Crippen LogP contribution >= 0.6 is 11.6 Å². The summed E-state index contributed by atoms with van der Waals surface area (Å²) in [5.41, 5.74) is 3.89. The first-order chi connectivity index (χ1) is 14.9. The van der Waals surface area contributed by atoms with E-state index in [0.29, 0.717) is 12.1 Å². The lowest BCUT2D eigenvalue weighted by atomic mass is 10.1. The number of ether oxygens (including phenoxy) is 1. The molecule has 0 heterocycles. The van der Waals surface area contributed by atoms with E-state index in [2.05, 4.69) is 23.6 Å². The number of carboxylic acids is 1. The Morgan fingerprint density at radius 2 is 1.81 bits per heavy atom. The van der Waals surface area contributed by atoms with Crippen molar-refractivity contribution in [3.05, 3.63) is 87.9 Å². The van der Waals surface area contributed by atoms with Crippen molar-refractivity contribution in [3.63, 3.8) is 0 Å². The zero-order chi connectivity index (χ0) is 22.4. The van der Waals surface area contributed by atoms with Crippen LogP contribution in [0, 0.1) is 0 Å². The number of hydrogen-bond acceptors (Lipinski definition) is 4. The third-order valence-electron chi connectivity index (χ3n) is 4.84. The standard InChI is InChI=1S/C24H23ClN2O4/c1-3-16-8-4-5-10-20(16)26-14-15-7-6-9-17(11-15)23(28)27-21-13-22(31-2)18(24(29)30)12-19(21)25/h4-13,26H,3,14H2,1-2H3,(H,27,28)(H,29,30). The summed E-state index contributed by atoms with van der Waals surface area (Å²) in [4.78, 5) is 24.1. The average molecular weight is 439 g/mol. The van der Waals surface area contributed by atoms with Crippen LogP contribution < -0.4 is 15.4 Å².